The lowest BCUT2D eigenvalue weighted by Gasteiger charge is -2.12. The minimum absolute atomic E-state index is 0.0520. The van der Waals surface area contributed by atoms with E-state index in [1.165, 1.54) is 4.88 Å². The molecule has 13 heavy (non-hydrogen) atoms. The molecular weight excluding hydrogens is 250 g/mol. The van der Waals surface area contributed by atoms with Crippen LogP contribution in [0.25, 0.3) is 0 Å². The summed E-state index contributed by atoms with van der Waals surface area (Å²) in [5.74, 6) is 0. The second kappa shape index (κ2) is 3.69. The molecule has 0 aromatic carbocycles. The van der Waals surface area contributed by atoms with Crippen molar-refractivity contribution < 1.29 is 5.11 Å². The van der Waals surface area contributed by atoms with E-state index < -0.39 is 0 Å². The number of hydrogen-bond acceptors (Lipinski definition) is 3. The lowest BCUT2D eigenvalue weighted by molar-refractivity contribution is 0.230. The molecule has 2 rings (SSSR count). The van der Waals surface area contributed by atoms with Crippen molar-refractivity contribution in [1.29, 1.82) is 0 Å². The molecule has 1 aromatic rings. The Bertz CT molecular complexity index is 296. The summed E-state index contributed by atoms with van der Waals surface area (Å²) in [6.45, 7) is 1.14. The van der Waals surface area contributed by atoms with Crippen LogP contribution in [0.5, 0.6) is 0 Å². The van der Waals surface area contributed by atoms with Gasteiger partial charge in [0.2, 0.25) is 0 Å². The quantitative estimate of drug-likeness (QED) is 0.871. The van der Waals surface area contributed by atoms with E-state index in [0.29, 0.717) is 0 Å². The van der Waals surface area contributed by atoms with Crippen molar-refractivity contribution in [1.82, 2.24) is 5.32 Å². The van der Waals surface area contributed by atoms with Gasteiger partial charge in [-0.2, -0.15) is 0 Å². The fourth-order valence-electron chi connectivity index (χ4n) is 1.26. The van der Waals surface area contributed by atoms with E-state index in [-0.39, 0.29) is 12.1 Å². The summed E-state index contributed by atoms with van der Waals surface area (Å²) in [5, 5.41) is 14.5. The first kappa shape index (κ1) is 9.65. The zero-order valence-corrected chi connectivity index (χ0v) is 9.62. The molecule has 1 heterocycles. The molecule has 1 aliphatic carbocycles. The van der Waals surface area contributed by atoms with E-state index in [1.54, 1.807) is 11.3 Å². The van der Waals surface area contributed by atoms with E-state index in [9.17, 15) is 0 Å². The summed E-state index contributed by atoms with van der Waals surface area (Å²) in [5.41, 5.74) is 0.0520. The molecule has 2 N–H and O–H groups in total. The Balaban J connectivity index is 1.86. The first-order chi connectivity index (χ1) is 6.24. The van der Waals surface area contributed by atoms with E-state index in [4.69, 9.17) is 5.11 Å². The van der Waals surface area contributed by atoms with Crippen molar-refractivity contribution in [2.24, 2.45) is 0 Å². The van der Waals surface area contributed by atoms with Crippen molar-refractivity contribution in [2.45, 2.75) is 24.9 Å². The number of hydrogen-bond donors (Lipinski definition) is 2. The molecule has 4 heteroatoms. The molecular formula is C9H12BrNOS. The van der Waals surface area contributed by atoms with Crippen molar-refractivity contribution in [2.75, 3.05) is 6.61 Å². The highest BCUT2D eigenvalue weighted by Gasteiger charge is 2.41. The average Bonchev–Trinajstić information content (AvgIpc) is 2.81. The van der Waals surface area contributed by atoms with Crippen molar-refractivity contribution >= 4 is 27.3 Å². The molecule has 1 fully saturated rings. The highest BCUT2D eigenvalue weighted by atomic mass is 79.9. The summed E-state index contributed by atoms with van der Waals surface area (Å²) < 4.78 is 1.14. The van der Waals surface area contributed by atoms with Crippen LogP contribution >= 0.6 is 27.3 Å². The molecule has 1 saturated carbocycles. The molecule has 72 valence electrons. The van der Waals surface area contributed by atoms with Gasteiger partial charge in [-0.25, -0.2) is 0 Å². The molecule has 0 bridgehead atoms. The first-order valence-corrected chi connectivity index (χ1v) is 6.00. The van der Waals surface area contributed by atoms with Crippen LogP contribution in [0.2, 0.25) is 0 Å². The summed E-state index contributed by atoms with van der Waals surface area (Å²) in [7, 11) is 0. The van der Waals surface area contributed by atoms with Gasteiger partial charge < -0.3 is 10.4 Å². The van der Waals surface area contributed by atoms with Crippen LogP contribution in [0.1, 0.15) is 17.7 Å². The summed E-state index contributed by atoms with van der Waals surface area (Å²) in [6, 6.07) is 2.12. The second-order valence-corrected chi connectivity index (χ2v) is 5.43. The fourth-order valence-corrected chi connectivity index (χ4v) is 2.65. The number of thiophene rings is 1. The van der Waals surface area contributed by atoms with Crippen LogP contribution in [-0.4, -0.2) is 17.3 Å². The zero-order chi connectivity index (χ0) is 9.31. The predicted molar refractivity (Wildman–Crippen MR) is 57.9 cm³/mol. The van der Waals surface area contributed by atoms with E-state index in [2.05, 4.69) is 32.7 Å². The SMILES string of the molecule is OCC1(NCc2cc(Br)cs2)CC1. The van der Waals surface area contributed by atoms with Crippen LogP contribution in [0, 0.1) is 0 Å². The molecule has 0 spiro atoms. The third-order valence-electron chi connectivity index (χ3n) is 2.42. The number of halogens is 1. The van der Waals surface area contributed by atoms with Crippen molar-refractivity contribution in [3.05, 3.63) is 20.8 Å². The summed E-state index contributed by atoms with van der Waals surface area (Å²) >= 11 is 5.16. The Morgan fingerprint density at radius 3 is 2.85 bits per heavy atom. The Kier molecular flexibility index (Phi) is 2.74. The van der Waals surface area contributed by atoms with Gasteiger partial charge in [0.15, 0.2) is 0 Å². The standard InChI is InChI=1S/C9H12BrNOS/c10-7-3-8(13-5-7)4-11-9(6-12)1-2-9/h3,5,11-12H,1-2,4,6H2. The van der Waals surface area contributed by atoms with Gasteiger partial charge in [-0.05, 0) is 34.8 Å². The van der Waals surface area contributed by atoms with Crippen LogP contribution in [0.3, 0.4) is 0 Å². The van der Waals surface area contributed by atoms with Gasteiger partial charge in [0, 0.05) is 26.8 Å². The zero-order valence-electron chi connectivity index (χ0n) is 7.22. The summed E-state index contributed by atoms with van der Waals surface area (Å²) in [4.78, 5) is 1.31. The van der Waals surface area contributed by atoms with Crippen LogP contribution in [0.15, 0.2) is 15.9 Å². The summed E-state index contributed by atoms with van der Waals surface area (Å²) in [6.07, 6.45) is 2.21. The van der Waals surface area contributed by atoms with Crippen molar-refractivity contribution in [3.63, 3.8) is 0 Å². The van der Waals surface area contributed by atoms with Gasteiger partial charge in [-0.15, -0.1) is 11.3 Å². The Morgan fingerprint density at radius 1 is 1.62 bits per heavy atom. The molecule has 1 aromatic heterocycles. The predicted octanol–water partition coefficient (Wildman–Crippen LogP) is 2.13. The second-order valence-electron chi connectivity index (χ2n) is 3.52. The molecule has 0 atom stereocenters. The van der Waals surface area contributed by atoms with Gasteiger partial charge in [0.1, 0.15) is 0 Å². The third kappa shape index (κ3) is 2.31. The number of rotatable bonds is 4. The van der Waals surface area contributed by atoms with Gasteiger partial charge in [0.25, 0.3) is 0 Å². The van der Waals surface area contributed by atoms with E-state index >= 15 is 0 Å². The molecule has 0 saturated heterocycles. The highest BCUT2D eigenvalue weighted by Crippen LogP contribution is 2.35. The third-order valence-corrected chi connectivity index (χ3v) is 4.11. The Labute approximate surface area is 90.1 Å². The molecule has 0 amide bonds. The normalized spacial score (nSPS) is 18.9. The monoisotopic (exact) mass is 261 g/mol. The van der Waals surface area contributed by atoms with Gasteiger partial charge >= 0.3 is 0 Å². The van der Waals surface area contributed by atoms with E-state index in [0.717, 1.165) is 23.9 Å². The Morgan fingerprint density at radius 2 is 2.38 bits per heavy atom. The van der Waals surface area contributed by atoms with Gasteiger partial charge in [0.05, 0.1) is 6.61 Å². The minimum Gasteiger partial charge on any atom is -0.394 e. The lowest BCUT2D eigenvalue weighted by Crippen LogP contribution is -2.33. The van der Waals surface area contributed by atoms with Crippen LogP contribution in [-0.2, 0) is 6.54 Å². The maximum atomic E-state index is 9.07. The number of aliphatic hydroxyl groups is 1. The van der Waals surface area contributed by atoms with Crippen LogP contribution < -0.4 is 5.32 Å². The molecule has 0 unspecified atom stereocenters. The number of aliphatic hydroxyl groups excluding tert-OH is 1. The van der Waals surface area contributed by atoms with Gasteiger partial charge in [-0.3, -0.25) is 0 Å². The largest absolute Gasteiger partial charge is 0.394 e. The van der Waals surface area contributed by atoms with Crippen LogP contribution in [0.4, 0.5) is 0 Å². The Hall–Kier alpha value is 0.1000. The smallest absolute Gasteiger partial charge is 0.0613 e. The van der Waals surface area contributed by atoms with Gasteiger partial charge in [-0.1, -0.05) is 0 Å². The maximum absolute atomic E-state index is 9.07. The molecule has 2 nitrogen and oxygen atoms in total. The maximum Gasteiger partial charge on any atom is 0.0613 e. The van der Waals surface area contributed by atoms with E-state index in [1.807, 2.05) is 0 Å². The topological polar surface area (TPSA) is 32.3 Å². The average molecular weight is 262 g/mol. The number of nitrogens with one attached hydrogen (secondary N) is 1. The first-order valence-electron chi connectivity index (χ1n) is 4.33. The fraction of sp³-hybridized carbons (Fsp3) is 0.556. The lowest BCUT2D eigenvalue weighted by atomic mass is 10.3. The molecule has 0 radical (unpaired) electrons. The molecule has 0 aliphatic heterocycles. The highest BCUT2D eigenvalue weighted by molar-refractivity contribution is 9.10. The minimum atomic E-state index is 0.0520. The molecule has 1 aliphatic rings. The van der Waals surface area contributed by atoms with Crippen molar-refractivity contribution in [3.8, 4) is 0 Å².